The number of hydrogen-bond acceptors (Lipinski definition) is 5. The van der Waals surface area contributed by atoms with Crippen LogP contribution in [-0.4, -0.2) is 42.8 Å². The predicted octanol–water partition coefficient (Wildman–Crippen LogP) is 2.36. The van der Waals surface area contributed by atoms with E-state index in [9.17, 15) is 18.0 Å². The van der Waals surface area contributed by atoms with E-state index in [0.717, 1.165) is 5.41 Å². The van der Waals surface area contributed by atoms with Crippen LogP contribution >= 0.6 is 11.8 Å². The molecule has 1 saturated heterocycles. The molecule has 6 nitrogen and oxygen atoms in total. The molecule has 8 heteroatoms. The van der Waals surface area contributed by atoms with Crippen molar-refractivity contribution >= 4 is 39.7 Å². The van der Waals surface area contributed by atoms with Crippen molar-refractivity contribution in [3.63, 3.8) is 0 Å². The van der Waals surface area contributed by atoms with Crippen LogP contribution in [-0.2, 0) is 19.6 Å². The highest BCUT2D eigenvalue weighted by Gasteiger charge is 2.36. The normalized spacial score (nSPS) is 18.3. The summed E-state index contributed by atoms with van der Waals surface area (Å²) in [6.07, 6.45) is 3.92. The number of rotatable bonds is 6. The number of amides is 2. The summed E-state index contributed by atoms with van der Waals surface area (Å²) < 4.78 is 26.3. The first-order valence-corrected chi connectivity index (χ1v) is 10.9. The van der Waals surface area contributed by atoms with E-state index in [4.69, 9.17) is 0 Å². The van der Waals surface area contributed by atoms with Crippen molar-refractivity contribution in [2.75, 3.05) is 11.6 Å². The van der Waals surface area contributed by atoms with Gasteiger partial charge in [-0.15, -0.1) is 11.8 Å². The third kappa shape index (κ3) is 5.47. The average Bonchev–Trinajstić information content (AvgIpc) is 3.10. The van der Waals surface area contributed by atoms with Crippen molar-refractivity contribution in [2.24, 2.45) is 0 Å². The molecular weight excluding hydrogens is 372 g/mol. The molecular formula is C18H22N2O4S2. The van der Waals surface area contributed by atoms with Crippen LogP contribution < -0.4 is 4.72 Å². The molecule has 140 valence electrons. The highest BCUT2D eigenvalue weighted by atomic mass is 32.2. The maximum atomic E-state index is 12.4. The number of benzene rings is 1. The third-order valence-corrected chi connectivity index (χ3v) is 5.77. The summed E-state index contributed by atoms with van der Waals surface area (Å²) in [5.41, 5.74) is 1.26. The summed E-state index contributed by atoms with van der Waals surface area (Å²) in [5.74, 6) is -0.194. The summed E-state index contributed by atoms with van der Waals surface area (Å²) >= 11 is 1.42. The molecule has 1 atom stereocenters. The number of carbonyl (C=O) groups excluding carboxylic acids is 2. The lowest BCUT2D eigenvalue weighted by atomic mass is 10.2. The molecule has 1 aromatic rings. The summed E-state index contributed by atoms with van der Waals surface area (Å²) in [7, 11) is -3.94. The Balaban J connectivity index is 2.06. The molecule has 0 spiro atoms. The first-order valence-electron chi connectivity index (χ1n) is 8.19. The Hall–Kier alpha value is -2.06. The van der Waals surface area contributed by atoms with Gasteiger partial charge in [0.2, 0.25) is 0 Å². The molecule has 1 aliphatic rings. The quantitative estimate of drug-likeness (QED) is 0.749. The molecule has 1 N–H and O–H groups in total. The van der Waals surface area contributed by atoms with E-state index in [2.05, 4.69) is 0 Å². The van der Waals surface area contributed by atoms with Crippen LogP contribution in [0.5, 0.6) is 0 Å². The SMILES string of the molecule is CC/C=C(\C)C(=O)N1CSC[C@@H]1C(=O)NS(=O)(=O)/C=C\c1ccccc1. The molecule has 2 amide bonds. The molecule has 0 aliphatic carbocycles. The zero-order valence-corrected chi connectivity index (χ0v) is 16.3. The van der Waals surface area contributed by atoms with Crippen LogP contribution in [0.15, 0.2) is 47.4 Å². The third-order valence-electron chi connectivity index (χ3n) is 3.78. The first-order chi connectivity index (χ1) is 12.3. The van der Waals surface area contributed by atoms with Crippen LogP contribution in [0.25, 0.3) is 6.08 Å². The van der Waals surface area contributed by atoms with E-state index in [1.165, 1.54) is 22.7 Å². The number of nitrogens with zero attached hydrogens (tertiary/aromatic N) is 1. The largest absolute Gasteiger partial charge is 0.317 e. The molecule has 2 rings (SSSR count). The van der Waals surface area contributed by atoms with E-state index in [1.807, 2.05) is 17.7 Å². The Morgan fingerprint density at radius 3 is 2.65 bits per heavy atom. The second-order valence-corrected chi connectivity index (χ2v) is 8.38. The average molecular weight is 395 g/mol. The first kappa shape index (κ1) is 20.3. The zero-order chi connectivity index (χ0) is 19.2. The fourth-order valence-electron chi connectivity index (χ4n) is 2.45. The molecule has 0 unspecified atom stereocenters. The fourth-order valence-corrected chi connectivity index (χ4v) is 4.43. The van der Waals surface area contributed by atoms with E-state index in [1.54, 1.807) is 37.3 Å². The maximum absolute atomic E-state index is 12.4. The van der Waals surface area contributed by atoms with Gasteiger partial charge in [0, 0.05) is 11.3 Å². The van der Waals surface area contributed by atoms with Crippen LogP contribution in [0, 0.1) is 0 Å². The molecule has 0 saturated carbocycles. The van der Waals surface area contributed by atoms with Gasteiger partial charge in [-0.1, -0.05) is 43.3 Å². The maximum Gasteiger partial charge on any atom is 0.257 e. The van der Waals surface area contributed by atoms with Crippen molar-refractivity contribution in [2.45, 2.75) is 26.3 Å². The van der Waals surface area contributed by atoms with Gasteiger partial charge in [0.1, 0.15) is 6.04 Å². The monoisotopic (exact) mass is 394 g/mol. The van der Waals surface area contributed by atoms with Gasteiger partial charge in [-0.05, 0) is 25.0 Å². The Bertz CT molecular complexity index is 817. The van der Waals surface area contributed by atoms with E-state index in [0.29, 0.717) is 29.2 Å². The number of sulfonamides is 1. The van der Waals surface area contributed by atoms with Gasteiger partial charge in [-0.3, -0.25) is 9.59 Å². The summed E-state index contributed by atoms with van der Waals surface area (Å²) in [6.45, 7) is 3.62. The number of carbonyl (C=O) groups is 2. The fraction of sp³-hybridized carbons (Fsp3) is 0.333. The van der Waals surface area contributed by atoms with Crippen molar-refractivity contribution in [3.05, 3.63) is 53.0 Å². The number of hydrogen-bond donors (Lipinski definition) is 1. The minimum atomic E-state index is -3.94. The van der Waals surface area contributed by atoms with Crippen molar-refractivity contribution in [1.82, 2.24) is 9.62 Å². The number of allylic oxidation sites excluding steroid dienone is 1. The van der Waals surface area contributed by atoms with E-state index >= 15 is 0 Å². The minimum absolute atomic E-state index is 0.241. The van der Waals surface area contributed by atoms with E-state index in [-0.39, 0.29) is 5.91 Å². The topological polar surface area (TPSA) is 83.6 Å². The van der Waals surface area contributed by atoms with Gasteiger partial charge >= 0.3 is 0 Å². The summed E-state index contributed by atoms with van der Waals surface area (Å²) in [6, 6.07) is 8.11. The smallest absolute Gasteiger partial charge is 0.257 e. The van der Waals surface area contributed by atoms with Gasteiger partial charge in [0.15, 0.2) is 0 Å². The predicted molar refractivity (Wildman–Crippen MR) is 105 cm³/mol. The molecule has 26 heavy (non-hydrogen) atoms. The van der Waals surface area contributed by atoms with Crippen LogP contribution in [0.3, 0.4) is 0 Å². The molecule has 1 aliphatic heterocycles. The minimum Gasteiger partial charge on any atom is -0.317 e. The lowest BCUT2D eigenvalue weighted by Crippen LogP contribution is -2.48. The molecule has 0 radical (unpaired) electrons. The zero-order valence-electron chi connectivity index (χ0n) is 14.7. The van der Waals surface area contributed by atoms with Gasteiger partial charge in [-0.2, -0.15) is 0 Å². The van der Waals surface area contributed by atoms with E-state index < -0.39 is 22.0 Å². The van der Waals surface area contributed by atoms with Crippen LogP contribution in [0.4, 0.5) is 0 Å². The molecule has 0 bridgehead atoms. The van der Waals surface area contributed by atoms with Gasteiger partial charge in [0.05, 0.1) is 11.3 Å². The lowest BCUT2D eigenvalue weighted by molar-refractivity contribution is -0.134. The number of thioether (sulfide) groups is 1. The Morgan fingerprint density at radius 2 is 2.00 bits per heavy atom. The Labute approximate surface area is 158 Å². The molecule has 0 aromatic heterocycles. The van der Waals surface area contributed by atoms with Crippen LogP contribution in [0.2, 0.25) is 0 Å². The van der Waals surface area contributed by atoms with Gasteiger partial charge < -0.3 is 4.90 Å². The molecule has 1 heterocycles. The van der Waals surface area contributed by atoms with Crippen molar-refractivity contribution < 1.29 is 18.0 Å². The van der Waals surface area contributed by atoms with Crippen molar-refractivity contribution in [3.8, 4) is 0 Å². The Kier molecular flexibility index (Phi) is 7.05. The second-order valence-electron chi connectivity index (χ2n) is 5.81. The summed E-state index contributed by atoms with van der Waals surface area (Å²) in [4.78, 5) is 26.3. The standard InChI is InChI=1S/C18H22N2O4S2/c1-3-7-14(2)18(22)20-13-25-12-16(20)17(21)19-26(23,24)11-10-15-8-5-4-6-9-15/h4-11,16H,3,12-13H2,1-2H3,(H,19,21)/b11-10-,14-7+/t16-/m1/s1. The van der Waals surface area contributed by atoms with Crippen molar-refractivity contribution in [1.29, 1.82) is 0 Å². The number of nitrogens with one attached hydrogen (secondary N) is 1. The highest BCUT2D eigenvalue weighted by molar-refractivity contribution is 7.99. The molecule has 1 fully saturated rings. The van der Waals surface area contributed by atoms with Gasteiger partial charge in [-0.25, -0.2) is 13.1 Å². The second kappa shape index (κ2) is 9.05. The lowest BCUT2D eigenvalue weighted by Gasteiger charge is -2.23. The molecule has 1 aromatic carbocycles. The Morgan fingerprint density at radius 1 is 1.31 bits per heavy atom. The summed E-state index contributed by atoms with van der Waals surface area (Å²) in [5, 5.41) is 0.955. The highest BCUT2D eigenvalue weighted by Crippen LogP contribution is 2.23. The van der Waals surface area contributed by atoms with Crippen LogP contribution in [0.1, 0.15) is 25.8 Å². The van der Waals surface area contributed by atoms with Gasteiger partial charge in [0.25, 0.3) is 21.8 Å².